The number of ether oxygens (including phenoxy) is 4. The third-order valence-electron chi connectivity index (χ3n) is 19.2. The Bertz CT molecular complexity index is 1310. The second kappa shape index (κ2) is 16.4. The van der Waals surface area contributed by atoms with E-state index >= 15 is 0 Å². The Hall–Kier alpha value is -0.320. The number of nitrogens with one attached hydrogen (secondary N) is 1. The van der Waals surface area contributed by atoms with Crippen molar-refractivity contribution >= 4 is 0 Å². The average Bonchev–Trinajstić information content (AvgIpc) is 3.71. The second-order valence-corrected chi connectivity index (χ2v) is 22.1. The van der Waals surface area contributed by atoms with E-state index in [4.69, 9.17) is 18.9 Å². The van der Waals surface area contributed by atoms with Crippen LogP contribution in [0.4, 0.5) is 0 Å². The average molecular weight is 789 g/mol. The van der Waals surface area contributed by atoms with Gasteiger partial charge in [0, 0.05) is 66.3 Å². The first-order valence-electron chi connectivity index (χ1n) is 26.0. The molecule has 0 spiro atoms. The fourth-order valence-electron chi connectivity index (χ4n) is 17.0. The normalized spacial score (nSPS) is 53.6. The Morgan fingerprint density at radius 2 is 0.684 bits per heavy atom. The van der Waals surface area contributed by atoms with Crippen molar-refractivity contribution in [1.29, 1.82) is 0 Å². The van der Waals surface area contributed by atoms with Gasteiger partial charge in [0.25, 0.3) is 0 Å². The van der Waals surface area contributed by atoms with E-state index in [1.54, 1.807) is 0 Å². The highest BCUT2D eigenvalue weighted by Gasteiger charge is 2.61. The Kier molecular flexibility index (Phi) is 11.1. The minimum Gasteiger partial charge on any atom is -0.372 e. The monoisotopic (exact) mass is 789 g/mol. The summed E-state index contributed by atoms with van der Waals surface area (Å²) < 4.78 is 29.3. The molecule has 8 heteroatoms. The van der Waals surface area contributed by atoms with E-state index < -0.39 is 0 Å². The molecule has 4 aliphatic heterocycles. The lowest BCUT2D eigenvalue weighted by Gasteiger charge is -2.66. The summed E-state index contributed by atoms with van der Waals surface area (Å²) in [6.07, 6.45) is 43.0. The molecule has 4 heterocycles. The third-order valence-corrected chi connectivity index (χ3v) is 19.2. The molecule has 0 aromatic carbocycles. The van der Waals surface area contributed by atoms with Gasteiger partial charge in [0.2, 0.25) is 0 Å². The maximum atomic E-state index is 7.54. The largest absolute Gasteiger partial charge is 0.372 e. The number of rotatable bonds is 4. The van der Waals surface area contributed by atoms with Crippen LogP contribution >= 0.6 is 0 Å². The quantitative estimate of drug-likeness (QED) is 0.304. The first-order chi connectivity index (χ1) is 28.3. The summed E-state index contributed by atoms with van der Waals surface area (Å²) in [5.74, 6) is 0.487. The highest BCUT2D eigenvalue weighted by Crippen LogP contribution is 2.52. The zero-order chi connectivity index (χ0) is 37.5. The van der Waals surface area contributed by atoms with Gasteiger partial charge in [0.05, 0.1) is 42.7 Å². The molecule has 12 aliphatic rings. The summed E-state index contributed by atoms with van der Waals surface area (Å²) in [6, 6.07) is 5.66. The maximum Gasteiger partial charge on any atom is 0.113 e. The van der Waals surface area contributed by atoms with Crippen molar-refractivity contribution in [2.45, 2.75) is 302 Å². The molecule has 320 valence electrons. The molecule has 8 aliphatic carbocycles. The molecule has 4 saturated heterocycles. The standard InChI is InChI=1S/C49H80N4O4/c1-8-22-41-33(15-1)50-49(57-41)32-29-31(51-34-16-2-9-23-42(34)54-43-24-10-3-17-35(43)51)30-40(52-36-18-4-11-25-44(36)55-45-26-12-5-19-37(45)52)48(32)53-38-20-6-13-27-46(38)56-47-28-14-7-21-39(47)53/h31-50H,1-30H2. The topological polar surface area (TPSA) is 58.7 Å². The lowest BCUT2D eigenvalue weighted by Crippen LogP contribution is -2.77. The summed E-state index contributed by atoms with van der Waals surface area (Å²) >= 11 is 0. The summed E-state index contributed by atoms with van der Waals surface area (Å²) in [5.41, 5.74) is 0. The summed E-state index contributed by atoms with van der Waals surface area (Å²) in [4.78, 5) is 9.93. The van der Waals surface area contributed by atoms with E-state index in [0.717, 1.165) is 0 Å². The van der Waals surface area contributed by atoms with Gasteiger partial charge in [-0.1, -0.05) is 89.9 Å². The molecule has 0 radical (unpaired) electrons. The molecule has 8 saturated carbocycles. The van der Waals surface area contributed by atoms with Crippen LogP contribution in [0.5, 0.6) is 0 Å². The molecular weight excluding hydrogens is 709 g/mol. The SMILES string of the molecule is C1CCC2OC(C3CC(N4C5CCCCC5OC5CCCCC54)CC(N4C5CCCCC5OC5CCCCC54)C3N3C4CCCCC4OC4CCCCC43)NC2C1. The van der Waals surface area contributed by atoms with Gasteiger partial charge in [-0.3, -0.25) is 20.0 Å². The molecule has 0 aromatic heterocycles. The Morgan fingerprint density at radius 3 is 1.12 bits per heavy atom. The Morgan fingerprint density at radius 1 is 0.316 bits per heavy atom. The molecule has 0 bridgehead atoms. The van der Waals surface area contributed by atoms with Gasteiger partial charge in [-0.25, -0.2) is 0 Å². The van der Waals surface area contributed by atoms with E-state index in [9.17, 15) is 0 Å². The molecule has 19 unspecified atom stereocenters. The minimum absolute atomic E-state index is 0.163. The first-order valence-corrected chi connectivity index (χ1v) is 26.0. The van der Waals surface area contributed by atoms with Crippen LogP contribution in [0.3, 0.4) is 0 Å². The Labute approximate surface area is 345 Å². The molecule has 57 heavy (non-hydrogen) atoms. The van der Waals surface area contributed by atoms with Crippen molar-refractivity contribution in [3.63, 3.8) is 0 Å². The fourth-order valence-corrected chi connectivity index (χ4v) is 17.0. The number of morpholine rings is 3. The van der Waals surface area contributed by atoms with Crippen molar-refractivity contribution in [3.8, 4) is 0 Å². The minimum atomic E-state index is 0.163. The lowest BCUT2D eigenvalue weighted by atomic mass is 9.68. The molecule has 0 amide bonds. The van der Waals surface area contributed by atoms with Crippen LogP contribution in [-0.4, -0.2) is 124 Å². The molecular formula is C49H80N4O4. The van der Waals surface area contributed by atoms with Gasteiger partial charge in [0.15, 0.2) is 0 Å². The van der Waals surface area contributed by atoms with Gasteiger partial charge < -0.3 is 18.9 Å². The zero-order valence-corrected chi connectivity index (χ0v) is 35.7. The zero-order valence-electron chi connectivity index (χ0n) is 35.7. The predicted octanol–water partition coefficient (Wildman–Crippen LogP) is 8.62. The van der Waals surface area contributed by atoms with Crippen LogP contribution in [0.1, 0.15) is 193 Å². The molecule has 8 nitrogen and oxygen atoms in total. The second-order valence-electron chi connectivity index (χ2n) is 22.1. The van der Waals surface area contributed by atoms with Crippen molar-refractivity contribution < 1.29 is 18.9 Å². The lowest BCUT2D eigenvalue weighted by molar-refractivity contribution is -0.243. The van der Waals surface area contributed by atoms with E-state index in [1.807, 2.05) is 0 Å². The van der Waals surface area contributed by atoms with Gasteiger partial charge in [-0.15, -0.1) is 0 Å². The summed E-state index contributed by atoms with van der Waals surface area (Å²) in [5, 5.41) is 4.38. The number of fused-ring (bicyclic) bond motifs is 7. The Balaban J connectivity index is 1.01. The number of hydrogen-bond donors (Lipinski definition) is 1. The van der Waals surface area contributed by atoms with Crippen LogP contribution in [0.15, 0.2) is 0 Å². The van der Waals surface area contributed by atoms with Crippen LogP contribution < -0.4 is 5.32 Å². The highest BCUT2D eigenvalue weighted by molar-refractivity contribution is 5.15. The van der Waals surface area contributed by atoms with E-state index in [-0.39, 0.29) is 6.23 Å². The fraction of sp³-hybridized carbons (Fsp3) is 1.00. The van der Waals surface area contributed by atoms with Crippen LogP contribution in [-0.2, 0) is 18.9 Å². The molecule has 1 N–H and O–H groups in total. The molecule has 19 atom stereocenters. The smallest absolute Gasteiger partial charge is 0.113 e. The van der Waals surface area contributed by atoms with Crippen LogP contribution in [0, 0.1) is 5.92 Å². The van der Waals surface area contributed by atoms with Gasteiger partial charge in [-0.2, -0.15) is 0 Å². The number of nitrogens with zero attached hydrogens (tertiary/aromatic N) is 3. The molecule has 12 fully saturated rings. The first kappa shape index (κ1) is 38.4. The molecule has 0 aromatic rings. The van der Waals surface area contributed by atoms with Crippen molar-refractivity contribution in [2.24, 2.45) is 5.92 Å². The van der Waals surface area contributed by atoms with E-state index in [1.165, 1.54) is 193 Å². The van der Waals surface area contributed by atoms with Crippen molar-refractivity contribution in [2.75, 3.05) is 0 Å². The third kappa shape index (κ3) is 6.88. The van der Waals surface area contributed by atoms with Gasteiger partial charge >= 0.3 is 0 Å². The van der Waals surface area contributed by atoms with E-state index in [2.05, 4.69) is 20.0 Å². The maximum absolute atomic E-state index is 7.54. The highest BCUT2D eigenvalue weighted by atomic mass is 16.5. The van der Waals surface area contributed by atoms with Crippen molar-refractivity contribution in [1.82, 2.24) is 20.0 Å². The van der Waals surface area contributed by atoms with Crippen LogP contribution in [0.25, 0.3) is 0 Å². The van der Waals surface area contributed by atoms with Crippen molar-refractivity contribution in [3.05, 3.63) is 0 Å². The number of hydrogen-bond acceptors (Lipinski definition) is 8. The predicted molar refractivity (Wildman–Crippen MR) is 223 cm³/mol. The summed E-state index contributed by atoms with van der Waals surface area (Å²) in [6.45, 7) is 0. The molecule has 12 rings (SSSR count). The van der Waals surface area contributed by atoms with Gasteiger partial charge in [0.1, 0.15) is 6.23 Å². The van der Waals surface area contributed by atoms with E-state index in [0.29, 0.717) is 109 Å². The van der Waals surface area contributed by atoms with Crippen LogP contribution in [0.2, 0.25) is 0 Å². The summed E-state index contributed by atoms with van der Waals surface area (Å²) in [7, 11) is 0. The van der Waals surface area contributed by atoms with Gasteiger partial charge in [-0.05, 0) is 103 Å².